The molecule has 116 valence electrons. The van der Waals surface area contributed by atoms with Crippen LogP contribution in [-0.4, -0.2) is 23.5 Å². The third-order valence-corrected chi connectivity index (χ3v) is 3.57. The number of hydrogen-bond donors (Lipinski definition) is 3. The van der Waals surface area contributed by atoms with Crippen LogP contribution in [0.3, 0.4) is 0 Å². The van der Waals surface area contributed by atoms with E-state index in [1.807, 2.05) is 6.92 Å². The Morgan fingerprint density at radius 1 is 1.32 bits per heavy atom. The van der Waals surface area contributed by atoms with E-state index in [2.05, 4.69) is 20.9 Å². The molecule has 6 nitrogen and oxygen atoms in total. The summed E-state index contributed by atoms with van der Waals surface area (Å²) in [5, 5.41) is 10.4. The van der Waals surface area contributed by atoms with Crippen molar-refractivity contribution in [1.82, 2.24) is 10.3 Å². The second-order valence-electron chi connectivity index (χ2n) is 4.38. The van der Waals surface area contributed by atoms with E-state index in [1.165, 1.54) is 11.3 Å². The molecule has 2 rings (SSSR count). The molecule has 0 fully saturated rings. The summed E-state index contributed by atoms with van der Waals surface area (Å²) in [6.07, 6.45) is 0.850. The van der Waals surface area contributed by atoms with Gasteiger partial charge in [-0.1, -0.05) is 24.6 Å². The molecule has 0 aliphatic carbocycles. The molecule has 0 spiro atoms. The number of thiazole rings is 1. The molecule has 22 heavy (non-hydrogen) atoms. The van der Waals surface area contributed by atoms with Crippen molar-refractivity contribution in [1.29, 1.82) is 0 Å². The van der Waals surface area contributed by atoms with Gasteiger partial charge < -0.3 is 10.6 Å². The fourth-order valence-corrected chi connectivity index (χ4v) is 2.47. The number of nitrogens with one attached hydrogen (secondary N) is 3. The number of benzene rings is 1. The van der Waals surface area contributed by atoms with E-state index >= 15 is 0 Å². The Balaban J connectivity index is 1.92. The van der Waals surface area contributed by atoms with Crippen molar-refractivity contribution in [2.24, 2.45) is 0 Å². The minimum Gasteiger partial charge on any atom is -0.351 e. The molecule has 8 heteroatoms. The monoisotopic (exact) mass is 338 g/mol. The van der Waals surface area contributed by atoms with E-state index in [4.69, 9.17) is 11.6 Å². The summed E-state index contributed by atoms with van der Waals surface area (Å²) in [6, 6.07) is 6.35. The van der Waals surface area contributed by atoms with Gasteiger partial charge in [0.2, 0.25) is 0 Å². The first-order chi connectivity index (χ1) is 10.6. The van der Waals surface area contributed by atoms with Crippen LogP contribution < -0.4 is 16.0 Å². The average Bonchev–Trinajstić information content (AvgIpc) is 2.93. The predicted molar refractivity (Wildman–Crippen MR) is 88.8 cm³/mol. The molecule has 3 amide bonds. The first-order valence-corrected chi connectivity index (χ1v) is 7.91. The average molecular weight is 339 g/mol. The van der Waals surface area contributed by atoms with E-state index in [0.717, 1.165) is 6.42 Å². The van der Waals surface area contributed by atoms with Gasteiger partial charge in [0.25, 0.3) is 5.91 Å². The largest absolute Gasteiger partial charge is 0.351 e. The number of amides is 3. The Labute approximate surface area is 136 Å². The molecule has 1 heterocycles. The minimum atomic E-state index is -0.447. The second kappa shape index (κ2) is 7.77. The van der Waals surface area contributed by atoms with Gasteiger partial charge in [-0.3, -0.25) is 10.1 Å². The molecule has 1 aromatic heterocycles. The highest BCUT2D eigenvalue weighted by Crippen LogP contribution is 2.17. The highest BCUT2D eigenvalue weighted by Gasteiger charge is 2.11. The van der Waals surface area contributed by atoms with E-state index in [1.54, 1.807) is 29.6 Å². The van der Waals surface area contributed by atoms with Crippen LogP contribution in [0.5, 0.6) is 0 Å². The van der Waals surface area contributed by atoms with Gasteiger partial charge in [0.15, 0.2) is 5.13 Å². The van der Waals surface area contributed by atoms with E-state index in [9.17, 15) is 9.59 Å². The van der Waals surface area contributed by atoms with Crippen LogP contribution >= 0.6 is 22.9 Å². The fourth-order valence-electron chi connectivity index (χ4n) is 1.59. The number of hydrogen-bond acceptors (Lipinski definition) is 4. The van der Waals surface area contributed by atoms with Crippen LogP contribution in [0.2, 0.25) is 5.02 Å². The van der Waals surface area contributed by atoms with Gasteiger partial charge in [0.1, 0.15) is 5.69 Å². The summed E-state index contributed by atoms with van der Waals surface area (Å²) >= 11 is 7.03. The van der Waals surface area contributed by atoms with Gasteiger partial charge in [-0.15, -0.1) is 11.3 Å². The molecular formula is C14H15ClN4O2S. The summed E-state index contributed by atoms with van der Waals surface area (Å²) in [6.45, 7) is 2.56. The summed E-state index contributed by atoms with van der Waals surface area (Å²) in [5.74, 6) is -0.249. The van der Waals surface area contributed by atoms with Crippen LogP contribution in [0, 0.1) is 0 Å². The maximum Gasteiger partial charge on any atom is 0.325 e. The molecule has 0 radical (unpaired) electrons. The Bertz CT molecular complexity index is 674. The maximum absolute atomic E-state index is 11.8. The van der Waals surface area contributed by atoms with Crippen molar-refractivity contribution in [3.63, 3.8) is 0 Å². The van der Waals surface area contributed by atoms with Crippen molar-refractivity contribution in [2.75, 3.05) is 17.2 Å². The Kier molecular flexibility index (Phi) is 5.74. The van der Waals surface area contributed by atoms with Crippen molar-refractivity contribution in [3.05, 3.63) is 40.4 Å². The van der Waals surface area contributed by atoms with Gasteiger partial charge in [0.05, 0.1) is 0 Å². The quantitative estimate of drug-likeness (QED) is 0.779. The van der Waals surface area contributed by atoms with Crippen molar-refractivity contribution in [3.8, 4) is 0 Å². The number of anilines is 2. The van der Waals surface area contributed by atoms with Crippen LogP contribution in [0.1, 0.15) is 23.8 Å². The maximum atomic E-state index is 11.8. The summed E-state index contributed by atoms with van der Waals surface area (Å²) in [5.41, 5.74) is 0.860. The molecule has 0 bridgehead atoms. The van der Waals surface area contributed by atoms with Gasteiger partial charge in [-0.05, 0) is 24.6 Å². The lowest BCUT2D eigenvalue weighted by atomic mass is 10.3. The zero-order valence-electron chi connectivity index (χ0n) is 11.9. The molecular weight excluding hydrogens is 324 g/mol. The summed E-state index contributed by atoms with van der Waals surface area (Å²) in [4.78, 5) is 27.6. The lowest BCUT2D eigenvalue weighted by Crippen LogP contribution is -2.24. The molecule has 1 aromatic carbocycles. The van der Waals surface area contributed by atoms with Crippen molar-refractivity contribution < 1.29 is 9.59 Å². The van der Waals surface area contributed by atoms with Gasteiger partial charge in [0, 0.05) is 22.6 Å². The molecule has 0 saturated heterocycles. The Morgan fingerprint density at radius 2 is 2.14 bits per heavy atom. The first kappa shape index (κ1) is 16.3. The smallest absolute Gasteiger partial charge is 0.325 e. The highest BCUT2D eigenvalue weighted by molar-refractivity contribution is 7.14. The van der Waals surface area contributed by atoms with E-state index < -0.39 is 6.03 Å². The molecule has 0 unspecified atom stereocenters. The van der Waals surface area contributed by atoms with Gasteiger partial charge in [-0.25, -0.2) is 9.78 Å². The first-order valence-electron chi connectivity index (χ1n) is 6.65. The number of carbonyl (C=O) groups is 2. The zero-order valence-corrected chi connectivity index (χ0v) is 13.4. The third kappa shape index (κ3) is 4.71. The summed E-state index contributed by atoms with van der Waals surface area (Å²) in [7, 11) is 0. The van der Waals surface area contributed by atoms with Crippen LogP contribution in [0.15, 0.2) is 29.6 Å². The Morgan fingerprint density at radius 3 is 2.86 bits per heavy atom. The zero-order chi connectivity index (χ0) is 15.9. The van der Waals surface area contributed by atoms with Crippen LogP contribution in [-0.2, 0) is 0 Å². The number of rotatable bonds is 5. The number of urea groups is 1. The topological polar surface area (TPSA) is 83.1 Å². The fraction of sp³-hybridized carbons (Fsp3) is 0.214. The second-order valence-corrected chi connectivity index (χ2v) is 5.68. The molecule has 0 saturated carbocycles. The molecule has 0 aliphatic heterocycles. The molecule has 0 atom stereocenters. The lowest BCUT2D eigenvalue weighted by molar-refractivity contribution is 0.0949. The summed E-state index contributed by atoms with van der Waals surface area (Å²) < 4.78 is 0. The van der Waals surface area contributed by atoms with Crippen LogP contribution in [0.25, 0.3) is 0 Å². The van der Waals surface area contributed by atoms with Gasteiger partial charge >= 0.3 is 6.03 Å². The number of carbonyl (C=O) groups excluding carboxylic acids is 2. The molecule has 2 aromatic rings. The predicted octanol–water partition coefficient (Wildman–Crippen LogP) is 3.58. The Hall–Kier alpha value is -2.12. The van der Waals surface area contributed by atoms with E-state index in [-0.39, 0.29) is 11.6 Å². The van der Waals surface area contributed by atoms with E-state index in [0.29, 0.717) is 22.4 Å². The van der Waals surface area contributed by atoms with Crippen molar-refractivity contribution >= 4 is 45.7 Å². The number of halogens is 1. The standard InChI is InChI=1S/C14H15ClN4O2S/c1-2-6-16-12(20)11-8-22-14(18-11)19-13(21)17-10-5-3-4-9(15)7-10/h3-5,7-8H,2,6H2,1H3,(H,16,20)(H2,17,18,19,21). The third-order valence-electron chi connectivity index (χ3n) is 2.58. The van der Waals surface area contributed by atoms with Crippen LogP contribution in [0.4, 0.5) is 15.6 Å². The molecule has 0 aliphatic rings. The molecule has 3 N–H and O–H groups in total. The normalized spacial score (nSPS) is 10.1. The van der Waals surface area contributed by atoms with Gasteiger partial charge in [-0.2, -0.15) is 0 Å². The lowest BCUT2D eigenvalue weighted by Gasteiger charge is -2.05. The SMILES string of the molecule is CCCNC(=O)c1csc(NC(=O)Nc2cccc(Cl)c2)n1. The number of nitrogens with zero attached hydrogens (tertiary/aromatic N) is 1. The number of aromatic nitrogens is 1. The minimum absolute atomic E-state index is 0.249. The highest BCUT2D eigenvalue weighted by atomic mass is 35.5. The van der Waals surface area contributed by atoms with Crippen molar-refractivity contribution in [2.45, 2.75) is 13.3 Å².